The summed E-state index contributed by atoms with van der Waals surface area (Å²) in [6.45, 7) is 0.644. The summed E-state index contributed by atoms with van der Waals surface area (Å²) in [6.07, 6.45) is 6.72. The van der Waals surface area contributed by atoms with Gasteiger partial charge in [0.05, 0.1) is 4.90 Å². The van der Waals surface area contributed by atoms with Crippen molar-refractivity contribution in [3.63, 3.8) is 0 Å². The Morgan fingerprint density at radius 3 is 2.20 bits per heavy atom. The van der Waals surface area contributed by atoms with Crippen LogP contribution >= 0.6 is 0 Å². The molecule has 0 unspecified atom stereocenters. The van der Waals surface area contributed by atoms with Gasteiger partial charge in [-0.25, -0.2) is 12.8 Å². The molecule has 138 valence electrons. The summed E-state index contributed by atoms with van der Waals surface area (Å²) < 4.78 is 39.6. The second-order valence-electron chi connectivity index (χ2n) is 6.98. The Morgan fingerprint density at radius 2 is 1.60 bits per heavy atom. The molecule has 0 aromatic heterocycles. The van der Waals surface area contributed by atoms with Gasteiger partial charge in [-0.1, -0.05) is 19.3 Å². The van der Waals surface area contributed by atoms with Crippen molar-refractivity contribution in [2.24, 2.45) is 5.92 Å². The first-order valence-electron chi connectivity index (χ1n) is 9.03. The number of carbonyl (C=O) groups is 1. The van der Waals surface area contributed by atoms with E-state index in [1.807, 2.05) is 0 Å². The van der Waals surface area contributed by atoms with Crippen molar-refractivity contribution >= 4 is 15.9 Å². The van der Waals surface area contributed by atoms with Crippen LogP contribution in [0.5, 0.6) is 0 Å². The van der Waals surface area contributed by atoms with Crippen LogP contribution in [0, 0.1) is 11.7 Å². The van der Waals surface area contributed by atoms with Crippen molar-refractivity contribution in [3.05, 3.63) is 30.1 Å². The Balaban J connectivity index is 1.55. The number of amides is 1. The average Bonchev–Trinajstić information content (AvgIpc) is 2.63. The molecule has 5 nitrogen and oxygen atoms in total. The molecule has 1 aromatic carbocycles. The summed E-state index contributed by atoms with van der Waals surface area (Å²) in [7, 11) is -3.62. The van der Waals surface area contributed by atoms with Gasteiger partial charge < -0.3 is 5.32 Å². The molecule has 1 N–H and O–H groups in total. The number of nitrogens with zero attached hydrogens (tertiary/aromatic N) is 1. The van der Waals surface area contributed by atoms with E-state index in [-0.39, 0.29) is 22.8 Å². The third-order valence-electron chi connectivity index (χ3n) is 5.23. The molecule has 0 bridgehead atoms. The Labute approximate surface area is 148 Å². The molecule has 7 heteroatoms. The smallest absolute Gasteiger partial charge is 0.243 e. The Bertz CT molecular complexity index is 692. The van der Waals surface area contributed by atoms with Crippen molar-refractivity contribution < 1.29 is 17.6 Å². The number of benzene rings is 1. The molecule has 0 radical (unpaired) electrons. The quantitative estimate of drug-likeness (QED) is 0.889. The van der Waals surface area contributed by atoms with Gasteiger partial charge in [0.25, 0.3) is 0 Å². The van der Waals surface area contributed by atoms with Crippen LogP contribution < -0.4 is 5.32 Å². The highest BCUT2D eigenvalue weighted by atomic mass is 32.2. The van der Waals surface area contributed by atoms with Gasteiger partial charge in [0, 0.05) is 25.0 Å². The number of hydrogen-bond donors (Lipinski definition) is 1. The first-order chi connectivity index (χ1) is 12.0. The molecular formula is C18H25FN2O3S. The molecule has 1 saturated carbocycles. The Morgan fingerprint density at radius 1 is 1.00 bits per heavy atom. The fourth-order valence-electron chi connectivity index (χ4n) is 3.68. The summed E-state index contributed by atoms with van der Waals surface area (Å²) in [4.78, 5) is 12.5. The van der Waals surface area contributed by atoms with Gasteiger partial charge in [-0.2, -0.15) is 4.31 Å². The molecule has 1 aliphatic carbocycles. The van der Waals surface area contributed by atoms with E-state index in [2.05, 4.69) is 5.32 Å². The van der Waals surface area contributed by atoms with E-state index < -0.39 is 15.8 Å². The van der Waals surface area contributed by atoms with Crippen LogP contribution in [0.3, 0.4) is 0 Å². The van der Waals surface area contributed by atoms with E-state index in [1.165, 1.54) is 35.7 Å². The second kappa shape index (κ2) is 7.83. The van der Waals surface area contributed by atoms with Crippen molar-refractivity contribution in [3.8, 4) is 0 Å². The lowest BCUT2D eigenvalue weighted by Gasteiger charge is -2.32. The predicted octanol–water partition coefficient (Wildman–Crippen LogP) is 2.68. The minimum atomic E-state index is -3.62. The largest absolute Gasteiger partial charge is 0.353 e. The molecule has 25 heavy (non-hydrogen) atoms. The number of halogens is 1. The van der Waals surface area contributed by atoms with Crippen LogP contribution in [0.15, 0.2) is 29.2 Å². The molecule has 1 heterocycles. The maximum absolute atomic E-state index is 13.0. The van der Waals surface area contributed by atoms with E-state index in [4.69, 9.17) is 0 Å². The molecule has 2 fully saturated rings. The van der Waals surface area contributed by atoms with Gasteiger partial charge in [0.1, 0.15) is 5.82 Å². The SMILES string of the molecule is O=C(NC1CCCCC1)C1CCN(S(=O)(=O)c2ccc(F)cc2)CC1. The second-order valence-corrected chi connectivity index (χ2v) is 8.91. The number of carbonyl (C=O) groups excluding carboxylic acids is 1. The molecule has 1 amide bonds. The van der Waals surface area contributed by atoms with E-state index in [9.17, 15) is 17.6 Å². The van der Waals surface area contributed by atoms with Gasteiger partial charge in [-0.15, -0.1) is 0 Å². The maximum Gasteiger partial charge on any atom is 0.243 e. The van der Waals surface area contributed by atoms with Gasteiger partial charge in [-0.05, 0) is 49.9 Å². The third kappa shape index (κ3) is 4.39. The molecule has 0 spiro atoms. The van der Waals surface area contributed by atoms with Crippen LogP contribution in [0.4, 0.5) is 4.39 Å². The minimum absolute atomic E-state index is 0.0609. The molecular weight excluding hydrogens is 343 g/mol. The van der Waals surface area contributed by atoms with Crippen molar-refractivity contribution in [2.75, 3.05) is 13.1 Å². The third-order valence-corrected chi connectivity index (χ3v) is 7.14. The molecule has 2 aliphatic rings. The summed E-state index contributed by atoms with van der Waals surface area (Å²) in [5, 5.41) is 3.13. The van der Waals surface area contributed by atoms with Crippen LogP contribution in [0.2, 0.25) is 0 Å². The summed E-state index contributed by atoms with van der Waals surface area (Å²) in [5.74, 6) is -0.524. The van der Waals surface area contributed by atoms with Crippen LogP contribution in [0.1, 0.15) is 44.9 Å². The normalized spacial score (nSPS) is 21.2. The number of sulfonamides is 1. The van der Waals surface area contributed by atoms with E-state index in [0.29, 0.717) is 25.9 Å². The highest BCUT2D eigenvalue weighted by Crippen LogP contribution is 2.25. The van der Waals surface area contributed by atoms with Gasteiger partial charge >= 0.3 is 0 Å². The Hall–Kier alpha value is -1.47. The lowest BCUT2D eigenvalue weighted by Crippen LogP contribution is -2.45. The lowest BCUT2D eigenvalue weighted by molar-refractivity contribution is -0.127. The Kier molecular flexibility index (Phi) is 5.74. The van der Waals surface area contributed by atoms with E-state index >= 15 is 0 Å². The molecule has 1 aliphatic heterocycles. The molecule has 1 aromatic rings. The van der Waals surface area contributed by atoms with Crippen molar-refractivity contribution in [2.45, 2.75) is 55.9 Å². The average molecular weight is 368 g/mol. The zero-order chi connectivity index (χ0) is 17.9. The molecule has 3 rings (SSSR count). The maximum atomic E-state index is 13.0. The first kappa shape index (κ1) is 18.3. The monoisotopic (exact) mass is 368 g/mol. The lowest BCUT2D eigenvalue weighted by atomic mass is 9.93. The number of hydrogen-bond acceptors (Lipinski definition) is 3. The van der Waals surface area contributed by atoms with Crippen molar-refractivity contribution in [1.82, 2.24) is 9.62 Å². The number of rotatable bonds is 4. The van der Waals surface area contributed by atoms with E-state index in [1.54, 1.807) is 0 Å². The van der Waals surface area contributed by atoms with Crippen molar-refractivity contribution in [1.29, 1.82) is 0 Å². The zero-order valence-electron chi connectivity index (χ0n) is 14.3. The van der Waals surface area contributed by atoms with Crippen LogP contribution in [-0.4, -0.2) is 37.8 Å². The van der Waals surface area contributed by atoms with Crippen LogP contribution in [0.25, 0.3) is 0 Å². The number of nitrogens with one attached hydrogen (secondary N) is 1. The van der Waals surface area contributed by atoms with Gasteiger partial charge in [0.15, 0.2) is 0 Å². The fourth-order valence-corrected chi connectivity index (χ4v) is 5.15. The summed E-state index contributed by atoms with van der Waals surface area (Å²) in [5.41, 5.74) is 0. The summed E-state index contributed by atoms with van der Waals surface area (Å²) in [6, 6.07) is 5.15. The highest BCUT2D eigenvalue weighted by molar-refractivity contribution is 7.89. The van der Waals surface area contributed by atoms with Crippen LogP contribution in [-0.2, 0) is 14.8 Å². The van der Waals surface area contributed by atoms with Gasteiger partial charge in [-0.3, -0.25) is 4.79 Å². The summed E-state index contributed by atoms with van der Waals surface area (Å²) >= 11 is 0. The first-order valence-corrected chi connectivity index (χ1v) is 10.5. The predicted molar refractivity (Wildman–Crippen MR) is 92.9 cm³/mol. The minimum Gasteiger partial charge on any atom is -0.353 e. The van der Waals surface area contributed by atoms with Gasteiger partial charge in [0.2, 0.25) is 15.9 Å². The topological polar surface area (TPSA) is 66.5 Å². The zero-order valence-corrected chi connectivity index (χ0v) is 15.1. The van der Waals surface area contributed by atoms with E-state index in [0.717, 1.165) is 25.0 Å². The highest BCUT2D eigenvalue weighted by Gasteiger charge is 2.32. The molecule has 0 atom stereocenters. The number of piperidine rings is 1. The fraction of sp³-hybridized carbons (Fsp3) is 0.611. The molecule has 1 saturated heterocycles. The standard InChI is InChI=1S/C18H25FN2O3S/c19-15-6-8-17(9-7-15)25(23,24)21-12-10-14(11-13-21)18(22)20-16-4-2-1-3-5-16/h6-9,14,16H,1-5,10-13H2,(H,20,22).